The molecule has 1 aromatic heterocycles. The number of anilines is 1. The SMILES string of the molecule is CC(=O)Nc1on[n+](Cc2ccccc2)c1C(C)O. The van der Waals surface area contributed by atoms with Crippen LogP contribution in [0.3, 0.4) is 0 Å². The van der Waals surface area contributed by atoms with Crippen molar-refractivity contribution in [2.75, 3.05) is 5.32 Å². The van der Waals surface area contributed by atoms with Gasteiger partial charge in [0.2, 0.25) is 17.7 Å². The average Bonchev–Trinajstić information content (AvgIpc) is 2.72. The maximum Gasteiger partial charge on any atom is 0.308 e. The predicted octanol–water partition coefficient (Wildman–Crippen LogP) is 1.02. The van der Waals surface area contributed by atoms with Gasteiger partial charge in [0, 0.05) is 12.5 Å². The lowest BCUT2D eigenvalue weighted by atomic mass is 10.2. The Bertz CT molecular complexity index is 564. The smallest absolute Gasteiger partial charge is 0.308 e. The van der Waals surface area contributed by atoms with Gasteiger partial charge >= 0.3 is 11.6 Å². The van der Waals surface area contributed by atoms with E-state index in [1.54, 1.807) is 6.92 Å². The summed E-state index contributed by atoms with van der Waals surface area (Å²) in [5.41, 5.74) is 1.47. The molecule has 0 fully saturated rings. The van der Waals surface area contributed by atoms with E-state index < -0.39 is 6.10 Å². The molecule has 2 aromatic rings. The van der Waals surface area contributed by atoms with Gasteiger partial charge in [-0.05, 0) is 11.6 Å². The van der Waals surface area contributed by atoms with Gasteiger partial charge in [-0.15, -0.1) is 0 Å². The van der Waals surface area contributed by atoms with Crippen molar-refractivity contribution in [1.29, 1.82) is 0 Å². The molecule has 0 saturated heterocycles. The number of carbonyl (C=O) groups is 1. The fourth-order valence-electron chi connectivity index (χ4n) is 1.82. The molecule has 2 N–H and O–H groups in total. The molecule has 2 rings (SSSR count). The van der Waals surface area contributed by atoms with E-state index in [-0.39, 0.29) is 11.8 Å². The summed E-state index contributed by atoms with van der Waals surface area (Å²) in [6, 6.07) is 9.67. The number of nitrogens with zero attached hydrogens (tertiary/aromatic N) is 2. The Hall–Kier alpha value is -2.21. The van der Waals surface area contributed by atoms with Gasteiger partial charge in [0.25, 0.3) is 0 Å². The maximum absolute atomic E-state index is 11.1. The third-order valence-corrected chi connectivity index (χ3v) is 2.60. The molecule has 0 aliphatic carbocycles. The number of aromatic nitrogens is 2. The Morgan fingerprint density at radius 2 is 2.16 bits per heavy atom. The summed E-state index contributed by atoms with van der Waals surface area (Å²) in [7, 11) is 0. The van der Waals surface area contributed by atoms with Crippen molar-refractivity contribution < 1.29 is 19.1 Å². The van der Waals surface area contributed by atoms with Gasteiger partial charge in [0.15, 0.2) is 0 Å². The highest BCUT2D eigenvalue weighted by molar-refractivity contribution is 5.87. The lowest BCUT2D eigenvalue weighted by Crippen LogP contribution is -2.41. The largest absolute Gasteiger partial charge is 0.382 e. The van der Waals surface area contributed by atoms with Crippen LogP contribution in [-0.4, -0.2) is 16.3 Å². The third kappa shape index (κ3) is 3.17. The first-order valence-electron chi connectivity index (χ1n) is 5.97. The van der Waals surface area contributed by atoms with Gasteiger partial charge in [-0.2, -0.15) is 0 Å². The maximum atomic E-state index is 11.1. The van der Waals surface area contributed by atoms with Crippen molar-refractivity contribution in [1.82, 2.24) is 5.27 Å². The van der Waals surface area contributed by atoms with Crippen LogP contribution in [0.15, 0.2) is 34.9 Å². The summed E-state index contributed by atoms with van der Waals surface area (Å²) in [4.78, 5) is 11.1. The number of hydrogen-bond donors (Lipinski definition) is 2. The van der Waals surface area contributed by atoms with Crippen LogP contribution in [0.1, 0.15) is 31.2 Å². The van der Waals surface area contributed by atoms with Crippen molar-refractivity contribution in [2.24, 2.45) is 0 Å². The highest BCUT2D eigenvalue weighted by atomic mass is 16.5. The summed E-state index contributed by atoms with van der Waals surface area (Å²) in [5.74, 6) is -0.0941. The zero-order chi connectivity index (χ0) is 13.8. The van der Waals surface area contributed by atoms with E-state index in [4.69, 9.17) is 4.52 Å². The Morgan fingerprint density at radius 3 is 2.74 bits per heavy atom. The van der Waals surface area contributed by atoms with Gasteiger partial charge in [-0.3, -0.25) is 14.6 Å². The number of aliphatic hydroxyl groups is 1. The van der Waals surface area contributed by atoms with Crippen LogP contribution in [-0.2, 0) is 11.3 Å². The van der Waals surface area contributed by atoms with Crippen LogP contribution < -0.4 is 10.00 Å². The van der Waals surface area contributed by atoms with Crippen LogP contribution in [0.5, 0.6) is 0 Å². The molecule has 1 aromatic carbocycles. The summed E-state index contributed by atoms with van der Waals surface area (Å²) in [6.45, 7) is 3.43. The monoisotopic (exact) mass is 262 g/mol. The normalized spacial score (nSPS) is 12.2. The summed E-state index contributed by atoms with van der Waals surface area (Å²) in [5, 5.41) is 16.2. The third-order valence-electron chi connectivity index (χ3n) is 2.60. The average molecular weight is 262 g/mol. The van der Waals surface area contributed by atoms with E-state index in [1.165, 1.54) is 11.6 Å². The molecule has 6 heteroatoms. The van der Waals surface area contributed by atoms with Gasteiger partial charge in [0.1, 0.15) is 6.10 Å². The standard InChI is InChI=1S/C13H15N3O3/c1-9(17)12-13(14-10(2)18)19-15-16(12)8-11-6-4-3-5-7-11/h3-7,9,17H,8H2,1-2H3/p+1. The highest BCUT2D eigenvalue weighted by Crippen LogP contribution is 2.18. The second kappa shape index (κ2) is 5.62. The fourth-order valence-corrected chi connectivity index (χ4v) is 1.82. The highest BCUT2D eigenvalue weighted by Gasteiger charge is 2.29. The van der Waals surface area contributed by atoms with Crippen LogP contribution in [0.25, 0.3) is 0 Å². The van der Waals surface area contributed by atoms with Crippen molar-refractivity contribution in [3.8, 4) is 0 Å². The molecular weight excluding hydrogens is 246 g/mol. The molecule has 1 heterocycles. The van der Waals surface area contributed by atoms with Gasteiger partial charge in [0.05, 0.1) is 0 Å². The van der Waals surface area contributed by atoms with Crippen LogP contribution >= 0.6 is 0 Å². The minimum Gasteiger partial charge on any atom is -0.382 e. The fraction of sp³-hybridized carbons (Fsp3) is 0.308. The topological polar surface area (TPSA) is 79.2 Å². The summed E-state index contributed by atoms with van der Waals surface area (Å²) < 4.78 is 6.59. The van der Waals surface area contributed by atoms with E-state index in [1.807, 2.05) is 30.3 Å². The lowest BCUT2D eigenvalue weighted by molar-refractivity contribution is -0.763. The molecule has 0 bridgehead atoms. The molecule has 0 aliphatic rings. The molecule has 0 spiro atoms. The predicted molar refractivity (Wildman–Crippen MR) is 67.2 cm³/mol. The van der Waals surface area contributed by atoms with Crippen LogP contribution in [0, 0.1) is 0 Å². The molecule has 0 radical (unpaired) electrons. The number of carbonyl (C=O) groups excluding carboxylic acids is 1. The van der Waals surface area contributed by atoms with E-state index >= 15 is 0 Å². The minimum absolute atomic E-state index is 0.179. The summed E-state index contributed by atoms with van der Waals surface area (Å²) in [6.07, 6.45) is -0.795. The quantitative estimate of drug-likeness (QED) is 0.806. The number of aliphatic hydroxyl groups excluding tert-OH is 1. The second-order valence-corrected chi connectivity index (χ2v) is 4.29. The summed E-state index contributed by atoms with van der Waals surface area (Å²) >= 11 is 0. The molecule has 1 unspecified atom stereocenters. The molecule has 6 nitrogen and oxygen atoms in total. The number of amides is 1. The van der Waals surface area contributed by atoms with Crippen LogP contribution in [0.4, 0.5) is 5.88 Å². The molecule has 100 valence electrons. The zero-order valence-corrected chi connectivity index (χ0v) is 10.8. The Balaban J connectivity index is 2.30. The number of hydrogen-bond acceptors (Lipinski definition) is 4. The van der Waals surface area contributed by atoms with Crippen molar-refractivity contribution in [2.45, 2.75) is 26.5 Å². The van der Waals surface area contributed by atoms with Crippen molar-refractivity contribution in [3.05, 3.63) is 41.6 Å². The first-order chi connectivity index (χ1) is 9.08. The van der Waals surface area contributed by atoms with Crippen LogP contribution in [0.2, 0.25) is 0 Å². The van der Waals surface area contributed by atoms with E-state index in [0.29, 0.717) is 12.2 Å². The number of nitrogens with one attached hydrogen (secondary N) is 1. The van der Waals surface area contributed by atoms with Crippen molar-refractivity contribution >= 4 is 11.8 Å². The van der Waals surface area contributed by atoms with E-state index in [0.717, 1.165) is 5.56 Å². The number of rotatable bonds is 4. The first-order valence-corrected chi connectivity index (χ1v) is 5.97. The molecule has 1 amide bonds. The minimum atomic E-state index is -0.795. The van der Waals surface area contributed by atoms with Gasteiger partial charge in [-0.1, -0.05) is 30.3 Å². The molecular formula is C13H16N3O3+. The first kappa shape index (κ1) is 13.2. The van der Waals surface area contributed by atoms with E-state index in [2.05, 4.69) is 10.6 Å². The Kier molecular flexibility index (Phi) is 3.91. The molecule has 19 heavy (non-hydrogen) atoms. The molecule has 1 atom stereocenters. The molecule has 0 aliphatic heterocycles. The lowest BCUT2D eigenvalue weighted by Gasteiger charge is -2.00. The Labute approximate surface area is 110 Å². The molecule has 0 saturated carbocycles. The number of benzene rings is 1. The second-order valence-electron chi connectivity index (χ2n) is 4.29. The van der Waals surface area contributed by atoms with Gasteiger partial charge in [-0.25, -0.2) is 0 Å². The van der Waals surface area contributed by atoms with Gasteiger partial charge < -0.3 is 5.11 Å². The van der Waals surface area contributed by atoms with Crippen molar-refractivity contribution in [3.63, 3.8) is 0 Å². The van der Waals surface area contributed by atoms with E-state index in [9.17, 15) is 9.90 Å². The zero-order valence-electron chi connectivity index (χ0n) is 10.8. The Morgan fingerprint density at radius 1 is 1.47 bits per heavy atom.